The van der Waals surface area contributed by atoms with Crippen molar-refractivity contribution in [2.24, 2.45) is 0 Å². The lowest BCUT2D eigenvalue weighted by Crippen LogP contribution is -2.27. The Balaban J connectivity index is 1.57. The zero-order valence-electron chi connectivity index (χ0n) is 22.4. The molecule has 9 heteroatoms. The van der Waals surface area contributed by atoms with Crippen molar-refractivity contribution in [2.45, 2.75) is 27.2 Å². The van der Waals surface area contributed by atoms with Crippen LogP contribution in [0.4, 0.5) is 16.2 Å². The van der Waals surface area contributed by atoms with Gasteiger partial charge in [0.05, 0.1) is 30.3 Å². The van der Waals surface area contributed by atoms with Crippen molar-refractivity contribution in [2.75, 3.05) is 18.1 Å². The van der Waals surface area contributed by atoms with Crippen molar-refractivity contribution in [3.8, 4) is 22.5 Å². The fourth-order valence-corrected chi connectivity index (χ4v) is 4.88. The predicted octanol–water partition coefficient (Wildman–Crippen LogP) is 7.85. The average Bonchev–Trinajstić information content (AvgIpc) is 3.53. The number of aromatic nitrogens is 2. The Kier molecular flexibility index (Phi) is 7.89. The number of anilines is 2. The Morgan fingerprint density at radius 1 is 0.950 bits per heavy atom. The first kappa shape index (κ1) is 27.0. The van der Waals surface area contributed by atoms with Gasteiger partial charge in [-0.15, -0.1) is 0 Å². The number of para-hydroxylation sites is 1. The fourth-order valence-electron chi connectivity index (χ4n) is 4.66. The first-order valence-electron chi connectivity index (χ1n) is 12.9. The molecule has 40 heavy (non-hydrogen) atoms. The van der Waals surface area contributed by atoms with Gasteiger partial charge in [0.25, 0.3) is 0 Å². The van der Waals surface area contributed by atoms with Crippen molar-refractivity contribution in [1.82, 2.24) is 10.1 Å². The lowest BCUT2D eigenvalue weighted by Gasteiger charge is -2.23. The highest BCUT2D eigenvalue weighted by atomic mass is 35.5. The topological polar surface area (TPSA) is 97.7 Å². The van der Waals surface area contributed by atoms with E-state index < -0.39 is 6.09 Å². The fraction of sp³-hybridized carbons (Fsp3) is 0.194. The number of carbonyl (C=O) groups excluding carboxylic acids is 2. The Bertz CT molecular complexity index is 1690. The van der Waals surface area contributed by atoms with Gasteiger partial charge in [-0.1, -0.05) is 53.2 Å². The van der Waals surface area contributed by atoms with E-state index in [9.17, 15) is 9.59 Å². The number of esters is 1. The second-order valence-electron chi connectivity index (χ2n) is 9.07. The molecular weight excluding hydrogens is 530 g/mol. The summed E-state index contributed by atoms with van der Waals surface area (Å²) in [5.41, 5.74) is 5.79. The van der Waals surface area contributed by atoms with Crippen molar-refractivity contribution < 1.29 is 23.6 Å². The minimum absolute atomic E-state index is 0.184. The van der Waals surface area contributed by atoms with Crippen molar-refractivity contribution in [3.63, 3.8) is 0 Å². The van der Waals surface area contributed by atoms with Crippen LogP contribution in [0.15, 0.2) is 77.4 Å². The van der Waals surface area contributed by atoms with Crippen LogP contribution >= 0.6 is 11.6 Å². The molecule has 8 nitrogen and oxygen atoms in total. The molecule has 204 valence electrons. The van der Waals surface area contributed by atoms with Gasteiger partial charge in [-0.3, -0.25) is 4.79 Å². The number of carbonyl (C=O) groups is 2. The smallest absolute Gasteiger partial charge is 0.419 e. The molecule has 1 amide bonds. The molecule has 2 aromatic heterocycles. The highest BCUT2D eigenvalue weighted by Gasteiger charge is 2.30. The Morgan fingerprint density at radius 2 is 1.70 bits per heavy atom. The highest BCUT2D eigenvalue weighted by molar-refractivity contribution is 6.34. The van der Waals surface area contributed by atoms with Gasteiger partial charge in [0.2, 0.25) is 0 Å². The number of hydrogen-bond acceptors (Lipinski definition) is 6. The van der Waals surface area contributed by atoms with Crippen molar-refractivity contribution in [3.05, 3.63) is 89.2 Å². The maximum Gasteiger partial charge on any atom is 0.419 e. The molecule has 2 heterocycles. The van der Waals surface area contributed by atoms with Gasteiger partial charge >= 0.3 is 12.1 Å². The quantitative estimate of drug-likeness (QED) is 0.195. The lowest BCUT2D eigenvalue weighted by molar-refractivity contribution is -0.142. The number of aryl methyl sites for hydroxylation is 1. The van der Waals surface area contributed by atoms with Crippen LogP contribution in [0.2, 0.25) is 5.02 Å². The van der Waals surface area contributed by atoms with E-state index in [1.165, 1.54) is 4.90 Å². The molecule has 0 spiro atoms. The molecule has 0 aliphatic rings. The van der Waals surface area contributed by atoms with Crippen LogP contribution in [-0.2, 0) is 20.7 Å². The molecule has 5 aromatic rings. The number of amides is 1. The van der Waals surface area contributed by atoms with Gasteiger partial charge < -0.3 is 19.0 Å². The molecule has 0 saturated heterocycles. The summed E-state index contributed by atoms with van der Waals surface area (Å²) in [6.07, 6.45) is 1.43. The third-order valence-electron chi connectivity index (χ3n) is 6.46. The summed E-state index contributed by atoms with van der Waals surface area (Å²) in [6.45, 7) is 5.83. The number of nitrogens with zero attached hydrogens (tertiary/aromatic N) is 2. The molecule has 3 aromatic carbocycles. The van der Waals surface area contributed by atoms with Crippen molar-refractivity contribution in [1.29, 1.82) is 0 Å². The molecule has 5 rings (SSSR count). The summed E-state index contributed by atoms with van der Waals surface area (Å²) in [4.78, 5) is 29.9. The maximum atomic E-state index is 13.2. The molecule has 0 unspecified atom stereocenters. The Morgan fingerprint density at radius 3 is 2.48 bits per heavy atom. The van der Waals surface area contributed by atoms with Crippen LogP contribution in [0.3, 0.4) is 0 Å². The number of fused-ring (bicyclic) bond motifs is 1. The second kappa shape index (κ2) is 11.7. The number of rotatable bonds is 8. The van der Waals surface area contributed by atoms with Crippen molar-refractivity contribution >= 4 is 45.9 Å². The monoisotopic (exact) mass is 557 g/mol. The van der Waals surface area contributed by atoms with E-state index in [2.05, 4.69) is 10.1 Å². The zero-order valence-corrected chi connectivity index (χ0v) is 23.1. The summed E-state index contributed by atoms with van der Waals surface area (Å²) in [6, 6.07) is 20.8. The van der Waals surface area contributed by atoms with Gasteiger partial charge in [0.1, 0.15) is 11.4 Å². The van der Waals surface area contributed by atoms with Gasteiger partial charge in [-0.05, 0) is 67.8 Å². The standard InChI is InChI=1S/C31H28ClN3O5/c1-4-38-28(36)17-23-18-33-26-14-13-21(16-24(23)26)20-9-8-10-22(15-20)30-29(19(3)34-40-30)35(31(37)39-5-2)27-12-7-6-11-25(27)32/h6-16,18,33H,4-5,17H2,1-3H3. The minimum atomic E-state index is -0.591. The third kappa shape index (κ3) is 5.31. The number of halogens is 1. The van der Waals surface area contributed by atoms with Crippen LogP contribution in [-0.4, -0.2) is 35.4 Å². The molecule has 0 saturated carbocycles. The SMILES string of the molecule is CCOC(=O)Cc1c[nH]c2ccc(-c3cccc(-c4onc(C)c4N(C(=O)OCC)c4ccccc4Cl)c3)cc12. The van der Waals surface area contributed by atoms with Crippen LogP contribution in [0, 0.1) is 6.92 Å². The van der Waals surface area contributed by atoms with Crippen LogP contribution in [0.25, 0.3) is 33.4 Å². The third-order valence-corrected chi connectivity index (χ3v) is 6.78. The number of aromatic amines is 1. The number of H-pyrrole nitrogens is 1. The lowest BCUT2D eigenvalue weighted by atomic mass is 9.99. The molecule has 1 N–H and O–H groups in total. The average molecular weight is 558 g/mol. The molecule has 0 aliphatic carbocycles. The summed E-state index contributed by atoms with van der Waals surface area (Å²) in [7, 11) is 0. The van der Waals surface area contributed by atoms with E-state index in [-0.39, 0.29) is 19.0 Å². The number of nitrogens with one attached hydrogen (secondary N) is 1. The van der Waals surface area contributed by atoms with Crippen LogP contribution in [0.1, 0.15) is 25.1 Å². The van der Waals surface area contributed by atoms with Gasteiger partial charge in [0, 0.05) is 22.7 Å². The first-order valence-corrected chi connectivity index (χ1v) is 13.3. The predicted molar refractivity (Wildman–Crippen MR) is 155 cm³/mol. The summed E-state index contributed by atoms with van der Waals surface area (Å²) < 4.78 is 16.3. The minimum Gasteiger partial charge on any atom is -0.466 e. The summed E-state index contributed by atoms with van der Waals surface area (Å²) in [5, 5.41) is 5.51. The van der Waals surface area contributed by atoms with E-state index in [4.69, 9.17) is 25.6 Å². The van der Waals surface area contributed by atoms with E-state index in [0.717, 1.165) is 33.2 Å². The molecule has 0 radical (unpaired) electrons. The maximum absolute atomic E-state index is 13.2. The largest absolute Gasteiger partial charge is 0.466 e. The molecular formula is C31H28ClN3O5. The highest BCUT2D eigenvalue weighted by Crippen LogP contribution is 2.41. The normalized spacial score (nSPS) is 11.0. The summed E-state index contributed by atoms with van der Waals surface area (Å²) >= 11 is 6.50. The molecule has 0 bridgehead atoms. The molecule has 0 atom stereocenters. The van der Waals surface area contributed by atoms with Crippen LogP contribution in [0.5, 0.6) is 0 Å². The molecule has 0 aliphatic heterocycles. The van der Waals surface area contributed by atoms with E-state index in [1.807, 2.05) is 48.7 Å². The summed E-state index contributed by atoms with van der Waals surface area (Å²) in [5.74, 6) is 0.131. The number of hydrogen-bond donors (Lipinski definition) is 1. The van der Waals surface area contributed by atoms with Gasteiger partial charge in [-0.2, -0.15) is 0 Å². The number of benzene rings is 3. The number of ether oxygens (including phenoxy) is 2. The van der Waals surface area contributed by atoms with Gasteiger partial charge in [-0.25, -0.2) is 9.69 Å². The Labute approximate surface area is 236 Å². The first-order chi connectivity index (χ1) is 19.4. The Hall–Kier alpha value is -4.56. The molecule has 0 fully saturated rings. The zero-order chi connectivity index (χ0) is 28.2. The van der Waals surface area contributed by atoms with E-state index >= 15 is 0 Å². The van der Waals surface area contributed by atoms with Crippen LogP contribution < -0.4 is 4.90 Å². The van der Waals surface area contributed by atoms with E-state index in [0.29, 0.717) is 34.5 Å². The van der Waals surface area contributed by atoms with Gasteiger partial charge in [0.15, 0.2) is 5.76 Å². The second-order valence-corrected chi connectivity index (χ2v) is 9.48. The van der Waals surface area contributed by atoms with E-state index in [1.54, 1.807) is 45.0 Å².